The molecule has 0 radical (unpaired) electrons. The van der Waals surface area contributed by atoms with Crippen molar-refractivity contribution in [1.82, 2.24) is 9.80 Å². The molecule has 96 valence electrons. The summed E-state index contributed by atoms with van der Waals surface area (Å²) in [4.78, 5) is 4.82. The minimum atomic E-state index is 0.344. The normalized spacial score (nSPS) is 12.4. The van der Waals surface area contributed by atoms with E-state index in [1.807, 2.05) is 0 Å². The van der Waals surface area contributed by atoms with Crippen LogP contribution in [0.25, 0.3) is 0 Å². The standard InChI is InChI=1S/C15H26N2/c1-12(2)16(5)15(17(6)13(3)4)14-10-8-7-9-11-14/h7-13,15H,1-6H3. The van der Waals surface area contributed by atoms with Gasteiger partial charge in [0.25, 0.3) is 0 Å². The van der Waals surface area contributed by atoms with Gasteiger partial charge in [-0.1, -0.05) is 30.3 Å². The topological polar surface area (TPSA) is 6.48 Å². The zero-order chi connectivity index (χ0) is 13.0. The summed E-state index contributed by atoms with van der Waals surface area (Å²) in [6, 6.07) is 11.8. The third-order valence-corrected chi connectivity index (χ3v) is 3.50. The Morgan fingerprint density at radius 2 is 1.18 bits per heavy atom. The van der Waals surface area contributed by atoms with E-state index in [0.29, 0.717) is 18.2 Å². The maximum absolute atomic E-state index is 2.41. The Hall–Kier alpha value is -0.860. The molecule has 0 aliphatic carbocycles. The van der Waals surface area contributed by atoms with Crippen molar-refractivity contribution >= 4 is 0 Å². The molecule has 0 aromatic heterocycles. The first kappa shape index (κ1) is 14.2. The molecule has 0 heterocycles. The number of hydrogen-bond donors (Lipinski definition) is 0. The summed E-state index contributed by atoms with van der Waals surface area (Å²) in [7, 11) is 4.39. The first-order valence-corrected chi connectivity index (χ1v) is 6.44. The molecule has 2 heteroatoms. The van der Waals surface area contributed by atoms with Crippen molar-refractivity contribution < 1.29 is 0 Å². The first-order valence-electron chi connectivity index (χ1n) is 6.44. The molecule has 1 rings (SSSR count). The van der Waals surface area contributed by atoms with Gasteiger partial charge in [-0.15, -0.1) is 0 Å². The van der Waals surface area contributed by atoms with Gasteiger partial charge in [0, 0.05) is 12.1 Å². The Bertz CT molecular complexity index is 305. The molecular weight excluding hydrogens is 208 g/mol. The predicted molar refractivity (Wildman–Crippen MR) is 75.0 cm³/mol. The Balaban J connectivity index is 3.03. The Morgan fingerprint density at radius 1 is 0.765 bits per heavy atom. The predicted octanol–water partition coefficient (Wildman–Crippen LogP) is 3.37. The van der Waals surface area contributed by atoms with Crippen LogP contribution in [0.5, 0.6) is 0 Å². The molecule has 0 saturated heterocycles. The van der Waals surface area contributed by atoms with Crippen LogP contribution in [-0.4, -0.2) is 36.0 Å². The fourth-order valence-corrected chi connectivity index (χ4v) is 1.95. The highest BCUT2D eigenvalue weighted by Crippen LogP contribution is 2.25. The van der Waals surface area contributed by atoms with Crippen molar-refractivity contribution in [3.8, 4) is 0 Å². The second-order valence-corrected chi connectivity index (χ2v) is 5.30. The van der Waals surface area contributed by atoms with Gasteiger partial charge in [0.15, 0.2) is 0 Å². The van der Waals surface area contributed by atoms with Crippen LogP contribution >= 0.6 is 0 Å². The minimum absolute atomic E-state index is 0.344. The van der Waals surface area contributed by atoms with Crippen LogP contribution < -0.4 is 0 Å². The average Bonchev–Trinajstić information content (AvgIpc) is 2.30. The van der Waals surface area contributed by atoms with Crippen molar-refractivity contribution in [2.45, 2.75) is 45.9 Å². The van der Waals surface area contributed by atoms with Crippen LogP contribution in [0.4, 0.5) is 0 Å². The van der Waals surface area contributed by atoms with E-state index in [4.69, 9.17) is 0 Å². The first-order chi connectivity index (χ1) is 7.95. The van der Waals surface area contributed by atoms with Crippen LogP contribution in [-0.2, 0) is 0 Å². The molecule has 0 amide bonds. The van der Waals surface area contributed by atoms with Crippen molar-refractivity contribution in [3.05, 3.63) is 35.9 Å². The van der Waals surface area contributed by atoms with Crippen LogP contribution in [0.3, 0.4) is 0 Å². The molecule has 0 fully saturated rings. The minimum Gasteiger partial charge on any atom is -0.285 e. The zero-order valence-electron chi connectivity index (χ0n) is 12.0. The Morgan fingerprint density at radius 3 is 1.53 bits per heavy atom. The van der Waals surface area contributed by atoms with Gasteiger partial charge in [-0.2, -0.15) is 0 Å². The van der Waals surface area contributed by atoms with E-state index >= 15 is 0 Å². The molecule has 0 aliphatic heterocycles. The summed E-state index contributed by atoms with van der Waals surface area (Å²) >= 11 is 0. The molecule has 1 aromatic rings. The largest absolute Gasteiger partial charge is 0.285 e. The second kappa shape index (κ2) is 6.18. The Labute approximate surface area is 106 Å². The quantitative estimate of drug-likeness (QED) is 0.721. The SMILES string of the molecule is CC(C)N(C)C(c1ccccc1)N(C)C(C)C. The highest BCUT2D eigenvalue weighted by atomic mass is 15.3. The fraction of sp³-hybridized carbons (Fsp3) is 0.600. The van der Waals surface area contributed by atoms with E-state index in [0.717, 1.165) is 0 Å². The van der Waals surface area contributed by atoms with Crippen LogP contribution in [0.2, 0.25) is 0 Å². The van der Waals surface area contributed by atoms with Gasteiger partial charge in [0.05, 0.1) is 6.17 Å². The number of nitrogens with zero attached hydrogens (tertiary/aromatic N) is 2. The molecular formula is C15H26N2. The molecule has 0 spiro atoms. The average molecular weight is 234 g/mol. The molecule has 2 nitrogen and oxygen atoms in total. The van der Waals surface area contributed by atoms with Gasteiger partial charge in [0.1, 0.15) is 0 Å². The fourth-order valence-electron chi connectivity index (χ4n) is 1.95. The third kappa shape index (κ3) is 3.55. The highest BCUT2D eigenvalue weighted by molar-refractivity contribution is 5.18. The van der Waals surface area contributed by atoms with Gasteiger partial charge in [-0.25, -0.2) is 0 Å². The van der Waals surface area contributed by atoms with E-state index in [9.17, 15) is 0 Å². The summed E-state index contributed by atoms with van der Waals surface area (Å²) in [5, 5.41) is 0. The monoisotopic (exact) mass is 234 g/mol. The molecule has 0 atom stereocenters. The van der Waals surface area contributed by atoms with E-state index < -0.39 is 0 Å². The van der Waals surface area contributed by atoms with Crippen LogP contribution in [0, 0.1) is 0 Å². The van der Waals surface area contributed by atoms with E-state index in [1.165, 1.54) is 5.56 Å². The lowest BCUT2D eigenvalue weighted by Crippen LogP contribution is -2.43. The summed E-state index contributed by atoms with van der Waals surface area (Å²) in [5.74, 6) is 0. The van der Waals surface area contributed by atoms with Gasteiger partial charge in [-0.3, -0.25) is 9.80 Å². The van der Waals surface area contributed by atoms with Crippen LogP contribution in [0.15, 0.2) is 30.3 Å². The van der Waals surface area contributed by atoms with Gasteiger partial charge in [-0.05, 0) is 47.4 Å². The van der Waals surface area contributed by atoms with Crippen molar-refractivity contribution in [1.29, 1.82) is 0 Å². The third-order valence-electron chi connectivity index (χ3n) is 3.50. The molecule has 0 aliphatic rings. The lowest BCUT2D eigenvalue weighted by Gasteiger charge is -2.40. The van der Waals surface area contributed by atoms with E-state index in [-0.39, 0.29) is 0 Å². The lowest BCUT2D eigenvalue weighted by atomic mass is 10.1. The van der Waals surface area contributed by atoms with Crippen LogP contribution in [0.1, 0.15) is 39.4 Å². The highest BCUT2D eigenvalue weighted by Gasteiger charge is 2.24. The molecule has 0 unspecified atom stereocenters. The summed E-state index contributed by atoms with van der Waals surface area (Å²) in [6.45, 7) is 8.96. The maximum Gasteiger partial charge on any atom is 0.0885 e. The van der Waals surface area contributed by atoms with Crippen molar-refractivity contribution in [2.75, 3.05) is 14.1 Å². The zero-order valence-corrected chi connectivity index (χ0v) is 12.0. The molecule has 0 saturated carbocycles. The Kier molecular flexibility index (Phi) is 5.16. The summed E-state index contributed by atoms with van der Waals surface area (Å²) in [5.41, 5.74) is 1.36. The van der Waals surface area contributed by atoms with Gasteiger partial charge in [0.2, 0.25) is 0 Å². The second-order valence-electron chi connectivity index (χ2n) is 5.30. The molecule has 0 N–H and O–H groups in total. The number of rotatable bonds is 5. The number of benzene rings is 1. The van der Waals surface area contributed by atoms with E-state index in [2.05, 4.69) is 81.9 Å². The van der Waals surface area contributed by atoms with E-state index in [1.54, 1.807) is 0 Å². The van der Waals surface area contributed by atoms with Gasteiger partial charge < -0.3 is 0 Å². The smallest absolute Gasteiger partial charge is 0.0885 e. The van der Waals surface area contributed by atoms with Crippen molar-refractivity contribution in [2.24, 2.45) is 0 Å². The van der Waals surface area contributed by atoms with Crippen molar-refractivity contribution in [3.63, 3.8) is 0 Å². The molecule has 0 bridgehead atoms. The molecule has 1 aromatic carbocycles. The molecule has 17 heavy (non-hydrogen) atoms. The summed E-state index contributed by atoms with van der Waals surface area (Å²) in [6.07, 6.45) is 0.344. The lowest BCUT2D eigenvalue weighted by molar-refractivity contribution is 0.0384. The summed E-state index contributed by atoms with van der Waals surface area (Å²) < 4.78 is 0. The van der Waals surface area contributed by atoms with Gasteiger partial charge >= 0.3 is 0 Å². The maximum atomic E-state index is 2.41. The number of hydrogen-bond acceptors (Lipinski definition) is 2.